The summed E-state index contributed by atoms with van der Waals surface area (Å²) in [6, 6.07) is 1.19. The Labute approximate surface area is 92.2 Å². The summed E-state index contributed by atoms with van der Waals surface area (Å²) in [5.41, 5.74) is 0. The number of imidazole rings is 1. The first-order chi connectivity index (χ1) is 7.01. The molecule has 1 aromatic rings. The van der Waals surface area contributed by atoms with Crippen molar-refractivity contribution in [3.8, 4) is 5.88 Å². The van der Waals surface area contributed by atoms with Crippen LogP contribution in [0.25, 0.3) is 0 Å². The molecule has 0 saturated heterocycles. The monoisotopic (exact) mass is 228 g/mol. The third kappa shape index (κ3) is 4.99. The lowest BCUT2D eigenvalue weighted by Gasteiger charge is -2.15. The van der Waals surface area contributed by atoms with E-state index in [-0.39, 0.29) is 0 Å². The van der Waals surface area contributed by atoms with Crippen molar-refractivity contribution in [3.05, 3.63) is 12.5 Å². The maximum absolute atomic E-state index is 5.56. The molecule has 0 aliphatic heterocycles. The van der Waals surface area contributed by atoms with Gasteiger partial charge in [-0.15, -0.1) is 0 Å². The van der Waals surface area contributed by atoms with E-state index in [0.29, 0.717) is 12.6 Å². The number of nitrogens with zero attached hydrogens (tertiary/aromatic N) is 2. The molecule has 1 rings (SSSR count). The summed E-state index contributed by atoms with van der Waals surface area (Å²) in [5.74, 6) is 0.629. The van der Waals surface area contributed by atoms with Gasteiger partial charge in [0, 0.05) is 14.7 Å². The van der Waals surface area contributed by atoms with E-state index in [1.165, 1.54) is 6.04 Å². The number of hydrogen-bond acceptors (Lipinski definition) is 3. The Morgan fingerprint density at radius 3 is 2.67 bits per heavy atom. The van der Waals surface area contributed by atoms with E-state index in [1.54, 1.807) is 13.4 Å². The zero-order chi connectivity index (χ0) is 11.3. The van der Waals surface area contributed by atoms with Crippen molar-refractivity contribution < 1.29 is 9.47 Å². The van der Waals surface area contributed by atoms with Crippen LogP contribution in [0.1, 0.15) is 0 Å². The summed E-state index contributed by atoms with van der Waals surface area (Å²) in [6.07, 6.45) is 3.54. The van der Waals surface area contributed by atoms with Crippen LogP contribution in [0.2, 0.25) is 25.7 Å². The number of aromatic nitrogens is 2. The summed E-state index contributed by atoms with van der Waals surface area (Å²) in [4.78, 5) is 4.03. The van der Waals surface area contributed by atoms with E-state index in [0.717, 1.165) is 6.61 Å². The van der Waals surface area contributed by atoms with E-state index in [1.807, 2.05) is 10.8 Å². The molecule has 0 unspecified atom stereocenters. The second kappa shape index (κ2) is 5.32. The Bertz CT molecular complexity index is 294. The normalized spacial score (nSPS) is 11.7. The zero-order valence-corrected chi connectivity index (χ0v) is 11.0. The second-order valence-corrected chi connectivity index (χ2v) is 10.4. The Morgan fingerprint density at radius 2 is 2.13 bits per heavy atom. The lowest BCUT2D eigenvalue weighted by molar-refractivity contribution is 0.0870. The molecule has 0 aromatic carbocycles. The predicted octanol–water partition coefficient (Wildman–Crippen LogP) is 2.20. The molecule has 0 saturated carbocycles. The topological polar surface area (TPSA) is 36.3 Å². The molecule has 0 atom stereocenters. The van der Waals surface area contributed by atoms with E-state index >= 15 is 0 Å². The minimum atomic E-state index is -0.972. The summed E-state index contributed by atoms with van der Waals surface area (Å²) in [6.45, 7) is 8.42. The summed E-state index contributed by atoms with van der Waals surface area (Å²) >= 11 is 0. The van der Waals surface area contributed by atoms with Gasteiger partial charge in [0.2, 0.25) is 5.88 Å². The fourth-order valence-corrected chi connectivity index (χ4v) is 1.82. The number of methoxy groups -OCH3 is 1. The molecular formula is C10H20N2O2Si. The lowest BCUT2D eigenvalue weighted by Crippen LogP contribution is -2.21. The maximum atomic E-state index is 5.56. The predicted molar refractivity (Wildman–Crippen MR) is 62.9 cm³/mol. The van der Waals surface area contributed by atoms with Crippen LogP contribution in [0.3, 0.4) is 0 Å². The largest absolute Gasteiger partial charge is 0.480 e. The van der Waals surface area contributed by atoms with Crippen LogP contribution in [-0.2, 0) is 11.5 Å². The van der Waals surface area contributed by atoms with Crippen LogP contribution in [-0.4, -0.2) is 31.3 Å². The maximum Gasteiger partial charge on any atom is 0.231 e. The first kappa shape index (κ1) is 12.3. The molecule has 1 heterocycles. The van der Waals surface area contributed by atoms with Gasteiger partial charge in [-0.3, -0.25) is 0 Å². The fraction of sp³-hybridized carbons (Fsp3) is 0.700. The van der Waals surface area contributed by atoms with Gasteiger partial charge in [0.15, 0.2) is 0 Å². The Hall–Kier alpha value is -0.813. The van der Waals surface area contributed by atoms with Gasteiger partial charge in [-0.25, -0.2) is 4.98 Å². The van der Waals surface area contributed by atoms with Crippen molar-refractivity contribution in [2.24, 2.45) is 0 Å². The molecule has 0 N–H and O–H groups in total. The lowest BCUT2D eigenvalue weighted by atomic mass is 10.8. The third-order valence-electron chi connectivity index (χ3n) is 2.06. The second-order valence-electron chi connectivity index (χ2n) is 4.78. The summed E-state index contributed by atoms with van der Waals surface area (Å²) in [7, 11) is 0.638. The quantitative estimate of drug-likeness (QED) is 0.553. The Morgan fingerprint density at radius 1 is 1.40 bits per heavy atom. The van der Waals surface area contributed by atoms with Gasteiger partial charge < -0.3 is 14.0 Å². The molecule has 0 radical (unpaired) electrons. The highest BCUT2D eigenvalue weighted by molar-refractivity contribution is 6.76. The van der Waals surface area contributed by atoms with E-state index in [4.69, 9.17) is 9.47 Å². The van der Waals surface area contributed by atoms with Crippen LogP contribution >= 0.6 is 0 Å². The standard InChI is InChI=1S/C10H20N2O2Si/c1-13-10-7-12(8-11-10)9-14-5-6-15(2,3)4/h7-8H,5-6,9H2,1-4H3. The molecular weight excluding hydrogens is 208 g/mol. The number of hydrogen-bond donors (Lipinski definition) is 0. The van der Waals surface area contributed by atoms with Gasteiger partial charge in [-0.1, -0.05) is 19.6 Å². The van der Waals surface area contributed by atoms with Crippen LogP contribution in [0, 0.1) is 0 Å². The van der Waals surface area contributed by atoms with Crippen molar-refractivity contribution in [1.82, 2.24) is 9.55 Å². The molecule has 1 aromatic heterocycles. The zero-order valence-electron chi connectivity index (χ0n) is 9.99. The molecule has 0 aliphatic rings. The van der Waals surface area contributed by atoms with Gasteiger partial charge in [-0.2, -0.15) is 0 Å². The first-order valence-corrected chi connectivity index (χ1v) is 8.85. The number of rotatable bonds is 6. The molecule has 0 bridgehead atoms. The van der Waals surface area contributed by atoms with Crippen molar-refractivity contribution >= 4 is 8.07 Å². The Balaban J connectivity index is 2.20. The van der Waals surface area contributed by atoms with Gasteiger partial charge in [0.1, 0.15) is 13.1 Å². The van der Waals surface area contributed by atoms with Crippen molar-refractivity contribution in [2.45, 2.75) is 32.4 Å². The molecule has 5 heteroatoms. The summed E-state index contributed by atoms with van der Waals surface area (Å²) < 4.78 is 12.4. The molecule has 86 valence electrons. The number of ether oxygens (including phenoxy) is 2. The van der Waals surface area contributed by atoms with Crippen LogP contribution in [0.15, 0.2) is 12.5 Å². The minimum Gasteiger partial charge on any atom is -0.480 e. The third-order valence-corrected chi connectivity index (χ3v) is 3.76. The van der Waals surface area contributed by atoms with Gasteiger partial charge in [0.25, 0.3) is 0 Å². The van der Waals surface area contributed by atoms with Crippen LogP contribution in [0.5, 0.6) is 5.88 Å². The molecule has 4 nitrogen and oxygen atoms in total. The highest BCUT2D eigenvalue weighted by atomic mass is 28.3. The van der Waals surface area contributed by atoms with E-state index in [2.05, 4.69) is 24.6 Å². The molecule has 0 fully saturated rings. The molecule has 0 aliphatic carbocycles. The smallest absolute Gasteiger partial charge is 0.231 e. The average molecular weight is 228 g/mol. The average Bonchev–Trinajstić information content (AvgIpc) is 2.59. The van der Waals surface area contributed by atoms with E-state index < -0.39 is 8.07 Å². The minimum absolute atomic E-state index is 0.556. The summed E-state index contributed by atoms with van der Waals surface area (Å²) in [5, 5.41) is 0. The molecule has 0 spiro atoms. The van der Waals surface area contributed by atoms with Gasteiger partial charge >= 0.3 is 0 Å². The van der Waals surface area contributed by atoms with Crippen molar-refractivity contribution in [1.29, 1.82) is 0 Å². The highest BCUT2D eigenvalue weighted by Crippen LogP contribution is 2.08. The van der Waals surface area contributed by atoms with Crippen LogP contribution in [0.4, 0.5) is 0 Å². The van der Waals surface area contributed by atoms with E-state index in [9.17, 15) is 0 Å². The molecule has 0 amide bonds. The van der Waals surface area contributed by atoms with Gasteiger partial charge in [-0.05, 0) is 6.04 Å². The SMILES string of the molecule is COc1cn(COCC[Si](C)(C)C)cn1. The fourth-order valence-electron chi connectivity index (χ4n) is 1.06. The highest BCUT2D eigenvalue weighted by Gasteiger charge is 2.11. The van der Waals surface area contributed by atoms with Gasteiger partial charge in [0.05, 0.1) is 13.3 Å². The van der Waals surface area contributed by atoms with Crippen LogP contribution < -0.4 is 4.74 Å². The van der Waals surface area contributed by atoms with Crippen molar-refractivity contribution in [3.63, 3.8) is 0 Å². The van der Waals surface area contributed by atoms with Crippen molar-refractivity contribution in [2.75, 3.05) is 13.7 Å². The first-order valence-electron chi connectivity index (χ1n) is 5.15. The Kier molecular flexibility index (Phi) is 4.35. The molecule has 15 heavy (non-hydrogen) atoms.